The number of carbonyl (C=O) groups excluding carboxylic acids is 1. The number of piperidine rings is 1. The van der Waals surface area contributed by atoms with Crippen molar-refractivity contribution in [1.29, 1.82) is 0 Å². The number of benzene rings is 1. The molecular weight excluding hydrogens is 360 g/mol. The number of esters is 1. The molecule has 160 valence electrons. The highest BCUT2D eigenvalue weighted by Gasteiger charge is 2.25. The van der Waals surface area contributed by atoms with Crippen LogP contribution in [0.2, 0.25) is 0 Å². The van der Waals surface area contributed by atoms with Crippen LogP contribution >= 0.6 is 0 Å². The second kappa shape index (κ2) is 13.4. The van der Waals surface area contributed by atoms with E-state index in [1.807, 2.05) is 51.8 Å². The lowest BCUT2D eigenvalue weighted by atomic mass is 10.0. The molecule has 1 saturated heterocycles. The molecular formula is C21H36N2O5. The third kappa shape index (κ3) is 7.66. The van der Waals surface area contributed by atoms with Gasteiger partial charge in [0.15, 0.2) is 0 Å². The molecule has 0 amide bonds. The Hall–Kier alpha value is -1.83. The summed E-state index contributed by atoms with van der Waals surface area (Å²) in [7, 11) is 1.65. The van der Waals surface area contributed by atoms with E-state index in [1.165, 1.54) is 0 Å². The highest BCUT2D eigenvalue weighted by atomic mass is 17.3. The van der Waals surface area contributed by atoms with Crippen LogP contribution in [-0.2, 0) is 19.5 Å². The van der Waals surface area contributed by atoms with Crippen LogP contribution in [0.5, 0.6) is 5.75 Å². The van der Waals surface area contributed by atoms with Crippen LogP contribution in [0.25, 0.3) is 0 Å². The van der Waals surface area contributed by atoms with Crippen molar-refractivity contribution in [3.05, 3.63) is 23.3 Å². The smallest absolute Gasteiger partial charge is 0.305 e. The van der Waals surface area contributed by atoms with Gasteiger partial charge in [-0.25, -0.2) is 5.48 Å². The van der Waals surface area contributed by atoms with Crippen LogP contribution in [0.1, 0.15) is 64.0 Å². The number of aryl methyl sites for hydroxylation is 2. The summed E-state index contributed by atoms with van der Waals surface area (Å²) in [5, 5.41) is 1.81. The van der Waals surface area contributed by atoms with Gasteiger partial charge in [0.2, 0.25) is 0 Å². The van der Waals surface area contributed by atoms with Crippen molar-refractivity contribution >= 4 is 11.7 Å². The number of hydrogen-bond donors (Lipinski definition) is 1. The summed E-state index contributed by atoms with van der Waals surface area (Å²) in [4.78, 5) is 22.4. The predicted octanol–water partition coefficient (Wildman–Crippen LogP) is 4.73. The van der Waals surface area contributed by atoms with Crippen LogP contribution in [0, 0.1) is 13.8 Å². The Labute approximate surface area is 169 Å². The van der Waals surface area contributed by atoms with Gasteiger partial charge < -0.3 is 9.47 Å². The maximum absolute atomic E-state index is 11.6. The molecule has 0 aromatic heterocycles. The maximum Gasteiger partial charge on any atom is 0.305 e. The SMILES string of the molecule is CC.CCOC(=O)CCC1CCCCN1OONc1c(C)cc(OC)cc1C. The predicted molar refractivity (Wildman–Crippen MR) is 110 cm³/mol. The molecule has 7 heteroatoms. The van der Waals surface area contributed by atoms with Crippen molar-refractivity contribution < 1.29 is 24.2 Å². The van der Waals surface area contributed by atoms with Gasteiger partial charge in [-0.3, -0.25) is 4.79 Å². The molecule has 1 aromatic rings. The Balaban J connectivity index is 0.00000190. The summed E-state index contributed by atoms with van der Waals surface area (Å²) < 4.78 is 10.3. The number of hydrogen-bond acceptors (Lipinski definition) is 7. The van der Waals surface area contributed by atoms with Gasteiger partial charge in [-0.2, -0.15) is 5.06 Å². The normalized spacial score (nSPS) is 16.7. The molecule has 0 spiro atoms. The largest absolute Gasteiger partial charge is 0.497 e. The lowest BCUT2D eigenvalue weighted by Crippen LogP contribution is -2.40. The highest BCUT2D eigenvalue weighted by molar-refractivity contribution is 5.69. The summed E-state index contributed by atoms with van der Waals surface area (Å²) in [5.74, 6) is 0.642. The number of hydroxylamine groups is 2. The zero-order valence-electron chi connectivity index (χ0n) is 18.2. The number of ether oxygens (including phenoxy) is 2. The standard InChI is InChI=1S/C19H30N2O5.C2H6/c1-5-24-18(22)10-9-16-8-6-7-11-21(16)26-25-20-19-14(2)12-17(23-4)13-15(19)3;1-2/h12-13,16,20H,5-11H2,1-4H3;1-2H3. The fraction of sp³-hybridized carbons (Fsp3) is 0.667. The van der Waals surface area contributed by atoms with Crippen LogP contribution in [0.4, 0.5) is 5.69 Å². The van der Waals surface area contributed by atoms with Gasteiger partial charge in [0.1, 0.15) is 5.75 Å². The van der Waals surface area contributed by atoms with E-state index >= 15 is 0 Å². The molecule has 0 bridgehead atoms. The monoisotopic (exact) mass is 396 g/mol. The van der Waals surface area contributed by atoms with Crippen LogP contribution in [0.3, 0.4) is 0 Å². The molecule has 7 nitrogen and oxygen atoms in total. The molecule has 1 heterocycles. The first kappa shape index (κ1) is 24.2. The van der Waals surface area contributed by atoms with Gasteiger partial charge in [-0.1, -0.05) is 25.3 Å². The Morgan fingerprint density at radius 1 is 1.21 bits per heavy atom. The highest BCUT2D eigenvalue weighted by Crippen LogP contribution is 2.27. The molecule has 1 unspecified atom stereocenters. The summed E-state index contributed by atoms with van der Waals surface area (Å²) >= 11 is 0. The number of methoxy groups -OCH3 is 1. The van der Waals surface area contributed by atoms with Gasteiger partial charge in [0.25, 0.3) is 0 Å². The minimum absolute atomic E-state index is 0.146. The van der Waals surface area contributed by atoms with E-state index in [-0.39, 0.29) is 12.0 Å². The van der Waals surface area contributed by atoms with Crippen LogP contribution in [-0.4, -0.2) is 37.3 Å². The number of carbonyl (C=O) groups is 1. The molecule has 1 fully saturated rings. The van der Waals surface area contributed by atoms with Crippen molar-refractivity contribution in [2.45, 2.75) is 72.8 Å². The van der Waals surface area contributed by atoms with Gasteiger partial charge in [0.05, 0.1) is 19.4 Å². The number of anilines is 1. The van der Waals surface area contributed by atoms with E-state index < -0.39 is 0 Å². The fourth-order valence-corrected chi connectivity index (χ4v) is 3.19. The molecule has 0 radical (unpaired) electrons. The number of nitrogens with zero attached hydrogens (tertiary/aromatic N) is 1. The molecule has 1 aromatic carbocycles. The second-order valence-corrected chi connectivity index (χ2v) is 6.53. The fourth-order valence-electron chi connectivity index (χ4n) is 3.19. The summed E-state index contributed by atoms with van der Waals surface area (Å²) in [6.45, 7) is 11.0. The summed E-state index contributed by atoms with van der Waals surface area (Å²) in [6.07, 6.45) is 4.23. The molecule has 1 aliphatic heterocycles. The van der Waals surface area contributed by atoms with Gasteiger partial charge in [-0.05, 0) is 63.3 Å². The first-order valence-corrected chi connectivity index (χ1v) is 10.2. The topological polar surface area (TPSA) is 69.3 Å². The number of nitrogens with one attached hydrogen (secondary N) is 1. The molecule has 2 rings (SSSR count). The van der Waals surface area contributed by atoms with Gasteiger partial charge in [0, 0.05) is 19.0 Å². The summed E-state index contributed by atoms with van der Waals surface area (Å²) in [6, 6.07) is 4.01. The lowest BCUT2D eigenvalue weighted by Gasteiger charge is -2.32. The van der Waals surface area contributed by atoms with Crippen molar-refractivity contribution in [1.82, 2.24) is 5.06 Å². The Bertz CT molecular complexity index is 571. The Kier molecular flexibility index (Phi) is 11.6. The van der Waals surface area contributed by atoms with E-state index in [1.54, 1.807) is 7.11 Å². The minimum Gasteiger partial charge on any atom is -0.497 e. The second-order valence-electron chi connectivity index (χ2n) is 6.53. The zero-order chi connectivity index (χ0) is 20.9. The van der Waals surface area contributed by atoms with Gasteiger partial charge in [-0.15, -0.1) is 4.99 Å². The lowest BCUT2D eigenvalue weighted by molar-refractivity contribution is -0.427. The molecule has 0 saturated carbocycles. The Morgan fingerprint density at radius 3 is 2.50 bits per heavy atom. The quantitative estimate of drug-likeness (QED) is 0.368. The zero-order valence-corrected chi connectivity index (χ0v) is 18.2. The van der Waals surface area contributed by atoms with Crippen molar-refractivity contribution in [2.24, 2.45) is 0 Å². The third-order valence-corrected chi connectivity index (χ3v) is 4.58. The molecule has 0 aliphatic carbocycles. The maximum atomic E-state index is 11.6. The van der Waals surface area contributed by atoms with E-state index in [0.717, 1.165) is 48.4 Å². The van der Waals surface area contributed by atoms with Gasteiger partial charge >= 0.3 is 5.97 Å². The molecule has 1 atom stereocenters. The summed E-state index contributed by atoms with van der Waals surface area (Å²) in [5.41, 5.74) is 5.73. The molecule has 28 heavy (non-hydrogen) atoms. The first-order valence-electron chi connectivity index (χ1n) is 10.2. The number of rotatable bonds is 9. The average Bonchev–Trinajstić information content (AvgIpc) is 2.70. The first-order chi connectivity index (χ1) is 13.5. The molecule has 1 N–H and O–H groups in total. The van der Waals surface area contributed by atoms with Crippen LogP contribution < -0.4 is 10.2 Å². The van der Waals surface area contributed by atoms with E-state index in [2.05, 4.69) is 5.48 Å². The van der Waals surface area contributed by atoms with Crippen molar-refractivity contribution in [3.8, 4) is 5.75 Å². The van der Waals surface area contributed by atoms with E-state index in [0.29, 0.717) is 19.4 Å². The van der Waals surface area contributed by atoms with Crippen molar-refractivity contribution in [3.63, 3.8) is 0 Å². The minimum atomic E-state index is -0.165. The van der Waals surface area contributed by atoms with Crippen LogP contribution in [0.15, 0.2) is 12.1 Å². The van der Waals surface area contributed by atoms with Crippen molar-refractivity contribution in [2.75, 3.05) is 25.7 Å². The molecule has 1 aliphatic rings. The third-order valence-electron chi connectivity index (χ3n) is 4.58. The van der Waals surface area contributed by atoms with E-state index in [4.69, 9.17) is 19.5 Å². The average molecular weight is 397 g/mol. The Morgan fingerprint density at radius 2 is 1.89 bits per heavy atom. The van der Waals surface area contributed by atoms with E-state index in [9.17, 15) is 4.79 Å².